The van der Waals surface area contributed by atoms with Crippen LogP contribution in [0.2, 0.25) is 0 Å². The van der Waals surface area contributed by atoms with Crippen molar-refractivity contribution in [1.29, 1.82) is 0 Å². The molecule has 23 heavy (non-hydrogen) atoms. The zero-order valence-corrected chi connectivity index (χ0v) is 14.6. The van der Waals surface area contributed by atoms with E-state index < -0.39 is 0 Å². The summed E-state index contributed by atoms with van der Waals surface area (Å²) in [6, 6.07) is 9.23. The Morgan fingerprint density at radius 1 is 1.30 bits per heavy atom. The number of aliphatic imine (C=N–C) groups is 1. The maximum atomic E-state index is 11.8. The van der Waals surface area contributed by atoms with Crippen LogP contribution in [0.5, 0.6) is 0 Å². The molecule has 2 rings (SSSR count). The SMILES string of the molecule is CC(C)NC(=NCC(=O)N(C)C)NC1CCc2ccccc2C1. The minimum atomic E-state index is 0.00356. The number of aryl methyl sites for hydroxylation is 1. The maximum Gasteiger partial charge on any atom is 0.243 e. The van der Waals surface area contributed by atoms with Gasteiger partial charge in [-0.1, -0.05) is 24.3 Å². The molecule has 0 fully saturated rings. The van der Waals surface area contributed by atoms with Gasteiger partial charge in [0.15, 0.2) is 5.96 Å². The van der Waals surface area contributed by atoms with E-state index >= 15 is 0 Å². The fraction of sp³-hybridized carbons (Fsp3) is 0.556. The highest BCUT2D eigenvalue weighted by molar-refractivity contribution is 5.85. The van der Waals surface area contributed by atoms with Crippen LogP contribution in [0, 0.1) is 0 Å². The van der Waals surface area contributed by atoms with E-state index in [-0.39, 0.29) is 18.5 Å². The zero-order chi connectivity index (χ0) is 16.8. The minimum Gasteiger partial charge on any atom is -0.354 e. The first-order chi connectivity index (χ1) is 11.0. The zero-order valence-electron chi connectivity index (χ0n) is 14.6. The summed E-state index contributed by atoms with van der Waals surface area (Å²) in [5, 5.41) is 6.80. The molecule has 0 bridgehead atoms. The minimum absolute atomic E-state index is 0.00356. The number of hydrogen-bond acceptors (Lipinski definition) is 2. The summed E-state index contributed by atoms with van der Waals surface area (Å²) >= 11 is 0. The van der Waals surface area contributed by atoms with E-state index in [0.29, 0.717) is 6.04 Å². The van der Waals surface area contributed by atoms with Crippen LogP contribution < -0.4 is 10.6 Å². The molecular formula is C18H28N4O. The number of amides is 1. The maximum absolute atomic E-state index is 11.8. The lowest BCUT2D eigenvalue weighted by molar-refractivity contribution is -0.127. The molecule has 0 aromatic heterocycles. The molecule has 0 radical (unpaired) electrons. The van der Waals surface area contributed by atoms with Gasteiger partial charge in [0.25, 0.3) is 0 Å². The summed E-state index contributed by atoms with van der Waals surface area (Å²) < 4.78 is 0. The van der Waals surface area contributed by atoms with Crippen LogP contribution in [0.25, 0.3) is 0 Å². The van der Waals surface area contributed by atoms with E-state index in [9.17, 15) is 4.79 Å². The predicted molar refractivity (Wildman–Crippen MR) is 94.7 cm³/mol. The lowest BCUT2D eigenvalue weighted by Crippen LogP contribution is -2.48. The summed E-state index contributed by atoms with van der Waals surface area (Å²) in [6.45, 7) is 4.31. The molecule has 1 unspecified atom stereocenters. The third-order valence-corrected chi connectivity index (χ3v) is 3.98. The molecular weight excluding hydrogens is 288 g/mol. The fourth-order valence-electron chi connectivity index (χ4n) is 2.71. The number of nitrogens with zero attached hydrogens (tertiary/aromatic N) is 2. The van der Waals surface area contributed by atoms with Gasteiger partial charge in [-0.2, -0.15) is 0 Å². The van der Waals surface area contributed by atoms with E-state index in [0.717, 1.165) is 25.2 Å². The van der Waals surface area contributed by atoms with E-state index in [1.54, 1.807) is 19.0 Å². The number of rotatable bonds is 4. The van der Waals surface area contributed by atoms with Crippen molar-refractivity contribution in [2.75, 3.05) is 20.6 Å². The van der Waals surface area contributed by atoms with E-state index in [4.69, 9.17) is 0 Å². The molecule has 2 N–H and O–H groups in total. The normalized spacial score (nSPS) is 17.6. The summed E-state index contributed by atoms with van der Waals surface area (Å²) in [7, 11) is 3.50. The smallest absolute Gasteiger partial charge is 0.243 e. The Labute approximate surface area is 139 Å². The molecule has 1 aliphatic rings. The second-order valence-corrected chi connectivity index (χ2v) is 6.60. The van der Waals surface area contributed by atoms with Gasteiger partial charge in [-0.05, 0) is 44.2 Å². The molecule has 1 aromatic carbocycles. The van der Waals surface area contributed by atoms with Crippen LogP contribution in [0.4, 0.5) is 0 Å². The quantitative estimate of drug-likeness (QED) is 0.655. The van der Waals surface area contributed by atoms with Gasteiger partial charge >= 0.3 is 0 Å². The van der Waals surface area contributed by atoms with E-state index in [2.05, 4.69) is 53.7 Å². The molecule has 5 heteroatoms. The first-order valence-electron chi connectivity index (χ1n) is 8.30. The van der Waals surface area contributed by atoms with Gasteiger partial charge in [-0.3, -0.25) is 4.79 Å². The Kier molecular flexibility index (Phi) is 6.02. The number of carbonyl (C=O) groups excluding carboxylic acids is 1. The van der Waals surface area contributed by atoms with Crippen LogP contribution in [0.3, 0.4) is 0 Å². The van der Waals surface area contributed by atoms with Crippen molar-refractivity contribution in [2.45, 2.75) is 45.2 Å². The molecule has 1 aliphatic carbocycles. The monoisotopic (exact) mass is 316 g/mol. The van der Waals surface area contributed by atoms with Crippen LogP contribution >= 0.6 is 0 Å². The third kappa shape index (κ3) is 5.27. The van der Waals surface area contributed by atoms with Gasteiger partial charge in [0.2, 0.25) is 5.91 Å². The van der Waals surface area contributed by atoms with Crippen LogP contribution in [0.15, 0.2) is 29.3 Å². The summed E-state index contributed by atoms with van der Waals surface area (Å²) in [5.41, 5.74) is 2.85. The molecule has 1 aromatic rings. The van der Waals surface area contributed by atoms with Crippen molar-refractivity contribution in [3.63, 3.8) is 0 Å². The molecule has 1 amide bonds. The average molecular weight is 316 g/mol. The van der Waals surface area contributed by atoms with Crippen molar-refractivity contribution in [3.8, 4) is 0 Å². The predicted octanol–water partition coefficient (Wildman–Crippen LogP) is 1.58. The largest absolute Gasteiger partial charge is 0.354 e. The molecule has 0 spiro atoms. The average Bonchev–Trinajstić information content (AvgIpc) is 2.51. The number of guanidine groups is 1. The van der Waals surface area contributed by atoms with Gasteiger partial charge in [0.1, 0.15) is 6.54 Å². The second-order valence-electron chi connectivity index (χ2n) is 6.60. The number of hydrogen-bond donors (Lipinski definition) is 2. The van der Waals surface area contributed by atoms with Crippen LogP contribution in [-0.4, -0.2) is 49.5 Å². The molecule has 1 atom stereocenters. The van der Waals surface area contributed by atoms with Crippen molar-refractivity contribution >= 4 is 11.9 Å². The topological polar surface area (TPSA) is 56.7 Å². The lowest BCUT2D eigenvalue weighted by Gasteiger charge is -2.28. The molecule has 0 heterocycles. The van der Waals surface area contributed by atoms with Crippen molar-refractivity contribution in [1.82, 2.24) is 15.5 Å². The number of fused-ring (bicyclic) bond motifs is 1. The van der Waals surface area contributed by atoms with E-state index in [1.807, 2.05) is 0 Å². The first-order valence-corrected chi connectivity index (χ1v) is 8.30. The molecule has 0 saturated heterocycles. The number of likely N-dealkylation sites (N-methyl/N-ethyl adjacent to an activating group) is 1. The van der Waals surface area contributed by atoms with Crippen molar-refractivity contribution in [3.05, 3.63) is 35.4 Å². The van der Waals surface area contributed by atoms with Crippen LogP contribution in [0.1, 0.15) is 31.4 Å². The van der Waals surface area contributed by atoms with Gasteiger partial charge in [-0.25, -0.2) is 4.99 Å². The second kappa shape index (κ2) is 7.99. The molecule has 5 nitrogen and oxygen atoms in total. The fourth-order valence-corrected chi connectivity index (χ4v) is 2.71. The van der Waals surface area contributed by atoms with Crippen LogP contribution in [-0.2, 0) is 17.6 Å². The van der Waals surface area contributed by atoms with Gasteiger partial charge in [0.05, 0.1) is 0 Å². The Hall–Kier alpha value is -2.04. The Balaban J connectivity index is 2.01. The van der Waals surface area contributed by atoms with Gasteiger partial charge in [0, 0.05) is 26.2 Å². The van der Waals surface area contributed by atoms with Crippen molar-refractivity contribution < 1.29 is 4.79 Å². The number of nitrogens with one attached hydrogen (secondary N) is 2. The number of carbonyl (C=O) groups is 1. The summed E-state index contributed by atoms with van der Waals surface area (Å²) in [6.07, 6.45) is 3.16. The number of benzene rings is 1. The highest BCUT2D eigenvalue weighted by Gasteiger charge is 2.19. The van der Waals surface area contributed by atoms with E-state index in [1.165, 1.54) is 11.1 Å². The van der Waals surface area contributed by atoms with Gasteiger partial charge in [-0.15, -0.1) is 0 Å². The van der Waals surface area contributed by atoms with Gasteiger partial charge < -0.3 is 15.5 Å². The standard InChI is InChI=1S/C18H28N4O/c1-13(2)20-18(19-12-17(23)22(3)4)21-16-10-9-14-7-5-6-8-15(14)11-16/h5-8,13,16H,9-12H2,1-4H3,(H2,19,20,21). The Morgan fingerprint density at radius 2 is 2.00 bits per heavy atom. The lowest BCUT2D eigenvalue weighted by atomic mass is 9.88. The molecule has 0 saturated carbocycles. The third-order valence-electron chi connectivity index (χ3n) is 3.98. The Morgan fingerprint density at radius 3 is 2.65 bits per heavy atom. The molecule has 126 valence electrons. The highest BCUT2D eigenvalue weighted by atomic mass is 16.2. The first kappa shape index (κ1) is 17.3. The Bertz CT molecular complexity index is 566. The molecule has 0 aliphatic heterocycles. The van der Waals surface area contributed by atoms with Crippen molar-refractivity contribution in [2.24, 2.45) is 4.99 Å². The summed E-state index contributed by atoms with van der Waals surface area (Å²) in [4.78, 5) is 17.8. The highest BCUT2D eigenvalue weighted by Crippen LogP contribution is 2.20. The summed E-state index contributed by atoms with van der Waals surface area (Å²) in [5.74, 6) is 0.725.